The van der Waals surface area contributed by atoms with Gasteiger partial charge in [0.1, 0.15) is 0 Å². The largest absolute Gasteiger partial charge is 0.325 e. The summed E-state index contributed by atoms with van der Waals surface area (Å²) in [5.74, 6) is 0.575. The summed E-state index contributed by atoms with van der Waals surface area (Å²) in [6, 6.07) is 6.23. The van der Waals surface area contributed by atoms with Gasteiger partial charge in [0.05, 0.1) is 5.41 Å². The molecular formula is C17H26N2O. The molecule has 3 nitrogen and oxygen atoms in total. The van der Waals surface area contributed by atoms with E-state index in [0.717, 1.165) is 37.2 Å². The molecule has 2 rings (SSSR count). The number of aryl methyl sites for hydroxylation is 1. The van der Waals surface area contributed by atoms with Crippen LogP contribution >= 0.6 is 0 Å². The molecule has 1 amide bonds. The molecule has 110 valence electrons. The Morgan fingerprint density at radius 1 is 1.45 bits per heavy atom. The Balaban J connectivity index is 2.28. The molecule has 0 spiro atoms. The lowest BCUT2D eigenvalue weighted by Crippen LogP contribution is -2.38. The maximum atomic E-state index is 12.7. The molecule has 0 bridgehead atoms. The SMILES string of the molecule is CCC1(C(=O)Nc2c(C)cccc2C(C)C)CCNC1. The summed E-state index contributed by atoms with van der Waals surface area (Å²) in [6.45, 7) is 10.2. The molecule has 1 aromatic rings. The number of carbonyl (C=O) groups is 1. The molecule has 1 saturated heterocycles. The van der Waals surface area contributed by atoms with Gasteiger partial charge in [-0.2, -0.15) is 0 Å². The Bertz CT molecular complexity index is 488. The molecule has 1 unspecified atom stereocenters. The van der Waals surface area contributed by atoms with Crippen molar-refractivity contribution >= 4 is 11.6 Å². The van der Waals surface area contributed by atoms with Crippen LogP contribution in [0.15, 0.2) is 18.2 Å². The van der Waals surface area contributed by atoms with Crippen LogP contribution in [-0.4, -0.2) is 19.0 Å². The first-order valence-electron chi connectivity index (χ1n) is 7.62. The normalized spacial score (nSPS) is 22.2. The lowest BCUT2D eigenvalue weighted by atomic mass is 9.83. The second-order valence-electron chi connectivity index (χ2n) is 6.21. The number of nitrogens with one attached hydrogen (secondary N) is 2. The van der Waals surface area contributed by atoms with Crippen LogP contribution in [0.25, 0.3) is 0 Å². The highest BCUT2D eigenvalue weighted by molar-refractivity contribution is 5.97. The highest BCUT2D eigenvalue weighted by atomic mass is 16.2. The van der Waals surface area contributed by atoms with Gasteiger partial charge in [0.2, 0.25) is 5.91 Å². The molecule has 2 N–H and O–H groups in total. The minimum Gasteiger partial charge on any atom is -0.325 e. The van der Waals surface area contributed by atoms with Crippen LogP contribution in [0.2, 0.25) is 0 Å². The van der Waals surface area contributed by atoms with Crippen molar-refractivity contribution in [2.45, 2.75) is 46.5 Å². The van der Waals surface area contributed by atoms with Crippen molar-refractivity contribution in [3.8, 4) is 0 Å². The second-order valence-corrected chi connectivity index (χ2v) is 6.21. The Kier molecular flexibility index (Phi) is 4.48. The monoisotopic (exact) mass is 274 g/mol. The number of hydrogen-bond acceptors (Lipinski definition) is 2. The van der Waals surface area contributed by atoms with Crippen molar-refractivity contribution in [2.75, 3.05) is 18.4 Å². The zero-order valence-electron chi connectivity index (χ0n) is 13.0. The minimum atomic E-state index is -0.240. The molecule has 1 aromatic carbocycles. The first-order chi connectivity index (χ1) is 9.50. The van der Waals surface area contributed by atoms with Gasteiger partial charge < -0.3 is 10.6 Å². The van der Waals surface area contributed by atoms with E-state index in [0.29, 0.717) is 5.92 Å². The van der Waals surface area contributed by atoms with Gasteiger partial charge in [-0.3, -0.25) is 4.79 Å². The summed E-state index contributed by atoms with van der Waals surface area (Å²) in [5, 5.41) is 6.54. The highest BCUT2D eigenvalue weighted by Crippen LogP contribution is 2.33. The lowest BCUT2D eigenvalue weighted by Gasteiger charge is -2.27. The fourth-order valence-electron chi connectivity index (χ4n) is 2.99. The molecule has 0 aliphatic carbocycles. The summed E-state index contributed by atoms with van der Waals surface area (Å²) in [7, 11) is 0. The third kappa shape index (κ3) is 2.73. The van der Waals surface area contributed by atoms with E-state index < -0.39 is 0 Å². The molecule has 1 aliphatic heterocycles. The van der Waals surface area contributed by atoms with E-state index in [1.54, 1.807) is 0 Å². The third-order valence-corrected chi connectivity index (χ3v) is 4.57. The predicted molar refractivity (Wildman–Crippen MR) is 84.1 cm³/mol. The molecule has 3 heteroatoms. The molecule has 1 atom stereocenters. The van der Waals surface area contributed by atoms with Crippen molar-refractivity contribution in [2.24, 2.45) is 5.41 Å². The van der Waals surface area contributed by atoms with E-state index in [1.165, 1.54) is 5.56 Å². The Morgan fingerprint density at radius 2 is 2.20 bits per heavy atom. The summed E-state index contributed by atoms with van der Waals surface area (Å²) in [4.78, 5) is 12.7. The Hall–Kier alpha value is -1.35. The number of rotatable bonds is 4. The van der Waals surface area contributed by atoms with Crippen molar-refractivity contribution in [3.63, 3.8) is 0 Å². The molecule has 1 heterocycles. The molecule has 1 fully saturated rings. The topological polar surface area (TPSA) is 41.1 Å². The van der Waals surface area contributed by atoms with Crippen molar-refractivity contribution < 1.29 is 4.79 Å². The fraction of sp³-hybridized carbons (Fsp3) is 0.588. The maximum Gasteiger partial charge on any atom is 0.231 e. The van der Waals surface area contributed by atoms with Gasteiger partial charge in [-0.1, -0.05) is 39.0 Å². The van der Waals surface area contributed by atoms with Gasteiger partial charge >= 0.3 is 0 Å². The van der Waals surface area contributed by atoms with E-state index in [9.17, 15) is 4.79 Å². The van der Waals surface area contributed by atoms with Crippen LogP contribution in [-0.2, 0) is 4.79 Å². The smallest absolute Gasteiger partial charge is 0.231 e. The fourth-order valence-corrected chi connectivity index (χ4v) is 2.99. The summed E-state index contributed by atoms with van der Waals surface area (Å²) in [5.41, 5.74) is 3.13. The zero-order chi connectivity index (χ0) is 14.8. The van der Waals surface area contributed by atoms with Gasteiger partial charge in [0.15, 0.2) is 0 Å². The Morgan fingerprint density at radius 3 is 2.75 bits per heavy atom. The zero-order valence-corrected chi connectivity index (χ0v) is 13.0. The Labute approximate surface area is 122 Å². The number of benzene rings is 1. The maximum absolute atomic E-state index is 12.7. The number of anilines is 1. The van der Waals surface area contributed by atoms with Crippen molar-refractivity contribution in [1.29, 1.82) is 0 Å². The van der Waals surface area contributed by atoms with Crippen LogP contribution in [0.1, 0.15) is 50.7 Å². The standard InChI is InChI=1S/C17H26N2O/c1-5-17(9-10-18-11-17)16(20)19-15-13(4)7-6-8-14(15)12(2)3/h6-8,12,18H,5,9-11H2,1-4H3,(H,19,20). The van der Waals surface area contributed by atoms with Crippen LogP contribution < -0.4 is 10.6 Å². The van der Waals surface area contributed by atoms with E-state index in [2.05, 4.69) is 56.5 Å². The van der Waals surface area contributed by atoms with Gasteiger partial charge in [-0.25, -0.2) is 0 Å². The molecule has 0 radical (unpaired) electrons. The number of carbonyl (C=O) groups excluding carboxylic acids is 1. The van der Waals surface area contributed by atoms with Gasteiger partial charge in [0, 0.05) is 12.2 Å². The van der Waals surface area contributed by atoms with E-state index >= 15 is 0 Å². The molecule has 0 saturated carbocycles. The second kappa shape index (κ2) is 5.96. The van der Waals surface area contributed by atoms with E-state index in [4.69, 9.17) is 0 Å². The highest BCUT2D eigenvalue weighted by Gasteiger charge is 2.39. The van der Waals surface area contributed by atoms with Crippen LogP contribution in [0, 0.1) is 12.3 Å². The van der Waals surface area contributed by atoms with Crippen LogP contribution in [0.4, 0.5) is 5.69 Å². The van der Waals surface area contributed by atoms with Gasteiger partial charge in [0.25, 0.3) is 0 Å². The van der Waals surface area contributed by atoms with Crippen molar-refractivity contribution in [1.82, 2.24) is 5.32 Å². The van der Waals surface area contributed by atoms with Crippen LogP contribution in [0.3, 0.4) is 0 Å². The summed E-state index contributed by atoms with van der Waals surface area (Å²) >= 11 is 0. The first-order valence-corrected chi connectivity index (χ1v) is 7.62. The van der Waals surface area contributed by atoms with Crippen molar-refractivity contribution in [3.05, 3.63) is 29.3 Å². The number of hydrogen-bond donors (Lipinski definition) is 2. The number of para-hydroxylation sites is 1. The van der Waals surface area contributed by atoms with Crippen LogP contribution in [0.5, 0.6) is 0 Å². The molecule has 20 heavy (non-hydrogen) atoms. The quantitative estimate of drug-likeness (QED) is 0.883. The average molecular weight is 274 g/mol. The average Bonchev–Trinajstić information content (AvgIpc) is 2.90. The third-order valence-electron chi connectivity index (χ3n) is 4.57. The molecule has 1 aliphatic rings. The number of amides is 1. The summed E-state index contributed by atoms with van der Waals surface area (Å²) in [6.07, 6.45) is 1.81. The van der Waals surface area contributed by atoms with E-state index in [-0.39, 0.29) is 11.3 Å². The lowest BCUT2D eigenvalue weighted by molar-refractivity contribution is -0.124. The molecular weight excluding hydrogens is 248 g/mol. The summed E-state index contributed by atoms with van der Waals surface area (Å²) < 4.78 is 0. The minimum absolute atomic E-state index is 0.168. The predicted octanol–water partition coefficient (Wildman–Crippen LogP) is 3.45. The first kappa shape index (κ1) is 15.0. The van der Waals surface area contributed by atoms with Gasteiger partial charge in [-0.15, -0.1) is 0 Å². The molecule has 0 aromatic heterocycles. The van der Waals surface area contributed by atoms with Gasteiger partial charge in [-0.05, 0) is 43.4 Å². The van der Waals surface area contributed by atoms with E-state index in [1.807, 2.05) is 0 Å².